The average Bonchev–Trinajstić information content (AvgIpc) is 2.91. The molecule has 0 aromatic heterocycles. The molecule has 0 fully saturated rings. The highest BCUT2D eigenvalue weighted by molar-refractivity contribution is 5.99. The first kappa shape index (κ1) is 30.3. The van der Waals surface area contributed by atoms with E-state index in [2.05, 4.69) is 13.8 Å². The second kappa shape index (κ2) is 16.0. The molecule has 0 saturated heterocycles. The molecule has 0 aliphatic rings. The summed E-state index contributed by atoms with van der Waals surface area (Å²) in [5, 5.41) is 1.35. The maximum Gasteiger partial charge on any atom is 0.351 e. The fourth-order valence-electron chi connectivity index (χ4n) is 3.26. The van der Waals surface area contributed by atoms with Gasteiger partial charge in [-0.25, -0.2) is 19.2 Å². The van der Waals surface area contributed by atoms with Crippen LogP contribution < -0.4 is 0 Å². The van der Waals surface area contributed by atoms with Crippen molar-refractivity contribution >= 4 is 34.6 Å². The second-order valence-electron chi connectivity index (χ2n) is 8.77. The predicted molar refractivity (Wildman–Crippen MR) is 143 cm³/mol. The topological polar surface area (TPSA) is 105 Å². The number of rotatable bonds is 14. The molecule has 0 unspecified atom stereocenters. The van der Waals surface area contributed by atoms with Gasteiger partial charge in [-0.15, -0.1) is 0 Å². The van der Waals surface area contributed by atoms with Crippen molar-refractivity contribution in [2.45, 2.75) is 78.4 Å². The number of allylic oxidation sites excluding steroid dienone is 2. The molecule has 8 nitrogen and oxygen atoms in total. The Labute approximate surface area is 223 Å². The number of fused-ring (bicyclic) bond motifs is 1. The zero-order valence-electron chi connectivity index (χ0n) is 22.4. The molecule has 8 heteroatoms. The Hall–Kier alpha value is -3.94. The first-order chi connectivity index (χ1) is 18.3. The zero-order valence-corrected chi connectivity index (χ0v) is 22.4. The Bertz CT molecular complexity index is 1070. The van der Waals surface area contributed by atoms with Crippen molar-refractivity contribution in [1.29, 1.82) is 0 Å². The molecule has 2 aromatic rings. The number of hydrogen-bond donors (Lipinski definition) is 0. The first-order valence-electron chi connectivity index (χ1n) is 12.9. The summed E-state index contributed by atoms with van der Waals surface area (Å²) >= 11 is 0. The van der Waals surface area contributed by atoms with Crippen LogP contribution in [-0.4, -0.2) is 36.1 Å². The van der Waals surface area contributed by atoms with E-state index >= 15 is 0 Å². The minimum absolute atomic E-state index is 0.245. The molecule has 38 heavy (non-hydrogen) atoms. The van der Waals surface area contributed by atoms with E-state index in [1.54, 1.807) is 36.4 Å². The summed E-state index contributed by atoms with van der Waals surface area (Å²) in [7, 11) is 0. The minimum Gasteiger partial charge on any atom is -0.447 e. The van der Waals surface area contributed by atoms with Crippen molar-refractivity contribution in [2.24, 2.45) is 0 Å². The largest absolute Gasteiger partial charge is 0.447 e. The molecule has 0 heterocycles. The lowest BCUT2D eigenvalue weighted by Crippen LogP contribution is -2.25. The van der Waals surface area contributed by atoms with Crippen molar-refractivity contribution in [3.63, 3.8) is 0 Å². The van der Waals surface area contributed by atoms with Gasteiger partial charge in [0, 0.05) is 0 Å². The third kappa shape index (κ3) is 9.84. The molecule has 0 amide bonds. The molecule has 0 spiro atoms. The molecular weight excluding hydrogens is 488 g/mol. The van der Waals surface area contributed by atoms with Crippen LogP contribution in [-0.2, 0) is 28.5 Å². The summed E-state index contributed by atoms with van der Waals surface area (Å²) in [4.78, 5) is 49.1. The van der Waals surface area contributed by atoms with Gasteiger partial charge in [0.25, 0.3) is 0 Å². The Morgan fingerprint density at radius 1 is 0.684 bits per heavy atom. The molecule has 0 aliphatic heterocycles. The maximum atomic E-state index is 12.5. The van der Waals surface area contributed by atoms with Crippen molar-refractivity contribution in [3.05, 3.63) is 72.2 Å². The number of carbonyl (C=O) groups is 4. The van der Waals surface area contributed by atoms with Crippen LogP contribution in [0.15, 0.2) is 61.1 Å². The van der Waals surface area contributed by atoms with E-state index in [1.165, 1.54) is 38.5 Å². The fraction of sp³-hybridized carbons (Fsp3) is 0.400. The van der Waals surface area contributed by atoms with Crippen molar-refractivity contribution in [3.8, 4) is 0 Å². The van der Waals surface area contributed by atoms with Gasteiger partial charge in [-0.1, -0.05) is 38.8 Å². The van der Waals surface area contributed by atoms with Crippen LogP contribution in [0.25, 0.3) is 10.8 Å². The quantitative estimate of drug-likeness (QED) is 0.121. The smallest absolute Gasteiger partial charge is 0.351 e. The van der Waals surface area contributed by atoms with Crippen LogP contribution in [0.3, 0.4) is 0 Å². The monoisotopic (exact) mass is 524 g/mol. The Morgan fingerprint density at radius 2 is 1.08 bits per heavy atom. The van der Waals surface area contributed by atoms with E-state index in [1.807, 2.05) is 0 Å². The van der Waals surface area contributed by atoms with Crippen LogP contribution in [0, 0.1) is 0 Å². The van der Waals surface area contributed by atoms with Gasteiger partial charge in [-0.2, -0.15) is 0 Å². The number of esters is 4. The molecule has 0 bridgehead atoms. The lowest BCUT2D eigenvalue weighted by molar-refractivity contribution is -0.147. The average molecular weight is 525 g/mol. The van der Waals surface area contributed by atoms with Gasteiger partial charge in [0.15, 0.2) is 12.2 Å². The van der Waals surface area contributed by atoms with E-state index in [0.29, 0.717) is 10.8 Å². The van der Waals surface area contributed by atoms with Crippen LogP contribution >= 0.6 is 0 Å². The summed E-state index contributed by atoms with van der Waals surface area (Å²) in [6.07, 6.45) is 9.65. The summed E-state index contributed by atoms with van der Waals surface area (Å²) in [5.41, 5.74) is 0.489. The normalized spacial score (nSPS) is 12.8. The Balaban J connectivity index is 1.95. The van der Waals surface area contributed by atoms with Gasteiger partial charge < -0.3 is 18.9 Å². The number of unbranched alkanes of at least 4 members (excludes halogenated alkanes) is 4. The van der Waals surface area contributed by atoms with Gasteiger partial charge in [0.05, 0.1) is 23.7 Å². The number of ether oxygens (including phenoxy) is 4. The van der Waals surface area contributed by atoms with Crippen molar-refractivity contribution in [1.82, 2.24) is 0 Å². The highest BCUT2D eigenvalue weighted by Crippen LogP contribution is 2.20. The summed E-state index contributed by atoms with van der Waals surface area (Å²) < 4.78 is 20.5. The van der Waals surface area contributed by atoms with E-state index < -0.39 is 36.1 Å². The lowest BCUT2D eigenvalue weighted by Gasteiger charge is -2.12. The molecule has 0 aliphatic carbocycles. The summed E-state index contributed by atoms with van der Waals surface area (Å²) in [6, 6.07) is 9.57. The minimum atomic E-state index is -1.08. The fourth-order valence-corrected chi connectivity index (χ4v) is 3.26. The molecule has 0 saturated carbocycles. The molecule has 204 valence electrons. The van der Waals surface area contributed by atoms with E-state index in [9.17, 15) is 19.2 Å². The summed E-state index contributed by atoms with van der Waals surface area (Å²) in [5.74, 6) is -2.68. The Kier molecular flexibility index (Phi) is 12.8. The van der Waals surface area contributed by atoms with E-state index in [-0.39, 0.29) is 11.1 Å². The van der Waals surface area contributed by atoms with Gasteiger partial charge in [-0.05, 0) is 86.7 Å². The van der Waals surface area contributed by atoms with E-state index in [0.717, 1.165) is 38.5 Å². The lowest BCUT2D eigenvalue weighted by atomic mass is 10.0. The first-order valence-corrected chi connectivity index (χ1v) is 12.9. The van der Waals surface area contributed by atoms with E-state index in [4.69, 9.17) is 18.9 Å². The Morgan fingerprint density at radius 3 is 1.45 bits per heavy atom. The van der Waals surface area contributed by atoms with Crippen LogP contribution in [0.4, 0.5) is 0 Å². The van der Waals surface area contributed by atoms with Crippen LogP contribution in [0.2, 0.25) is 0 Å². The SMILES string of the molecule is CCCC/C=C/OC(=O)[C@H](C)OC(=O)c1ccc2cc(C(=O)O[C@@H](C)C(=O)O/C=C/CCCC)ccc2c1. The van der Waals surface area contributed by atoms with Gasteiger partial charge in [0.2, 0.25) is 0 Å². The molecular formula is C30H36O8. The predicted octanol–water partition coefficient (Wildman–Crippen LogP) is 6.42. The zero-order chi connectivity index (χ0) is 27.9. The van der Waals surface area contributed by atoms with Gasteiger partial charge in [-0.3, -0.25) is 0 Å². The van der Waals surface area contributed by atoms with Crippen molar-refractivity contribution in [2.75, 3.05) is 0 Å². The number of benzene rings is 2. The standard InChI is InChI=1S/C30H36O8/c1-5-7-9-11-17-35-27(31)21(3)37-29(33)25-15-13-24-20-26(16-14-23(24)19-25)30(34)38-22(4)28(32)36-18-12-10-8-6-2/h11-22H,5-10H2,1-4H3/b17-11+,18-12+/t21-,22-/m0/s1. The summed E-state index contributed by atoms with van der Waals surface area (Å²) in [6.45, 7) is 7.02. The molecule has 2 atom stereocenters. The highest BCUT2D eigenvalue weighted by atomic mass is 16.6. The number of carbonyl (C=O) groups excluding carboxylic acids is 4. The third-order valence-electron chi connectivity index (χ3n) is 5.55. The van der Waals surface area contributed by atoms with Gasteiger partial charge in [0.1, 0.15) is 0 Å². The number of hydrogen-bond acceptors (Lipinski definition) is 8. The highest BCUT2D eigenvalue weighted by Gasteiger charge is 2.22. The van der Waals surface area contributed by atoms with Gasteiger partial charge >= 0.3 is 23.9 Å². The second-order valence-corrected chi connectivity index (χ2v) is 8.77. The third-order valence-corrected chi connectivity index (χ3v) is 5.55. The molecule has 0 N–H and O–H groups in total. The maximum absolute atomic E-state index is 12.5. The van der Waals surface area contributed by atoms with Crippen LogP contribution in [0.1, 0.15) is 86.9 Å². The molecule has 2 aromatic carbocycles. The molecule has 2 rings (SSSR count). The van der Waals surface area contributed by atoms with Crippen LogP contribution in [0.5, 0.6) is 0 Å². The molecule has 0 radical (unpaired) electrons. The van der Waals surface area contributed by atoms with Crippen molar-refractivity contribution < 1.29 is 38.1 Å².